The summed E-state index contributed by atoms with van der Waals surface area (Å²) in [6.07, 6.45) is 0. The molecule has 0 aliphatic rings. The fourth-order valence-corrected chi connectivity index (χ4v) is 2.59. The molecule has 3 aromatic carbocycles. The molecule has 3 N–H and O–H groups in total. The molecule has 0 aliphatic heterocycles. The molecule has 0 atom stereocenters. The van der Waals surface area contributed by atoms with Crippen LogP contribution in [0.1, 0.15) is 31.1 Å². The lowest BCUT2D eigenvalue weighted by Crippen LogP contribution is -2.15. The molecule has 0 saturated heterocycles. The number of carboxylic acids is 2. The molecule has 7 nitrogen and oxygen atoms in total. The fourth-order valence-electron chi connectivity index (χ4n) is 2.59. The van der Waals surface area contributed by atoms with E-state index in [1.165, 1.54) is 18.2 Å². The van der Waals surface area contributed by atoms with Crippen LogP contribution in [0.2, 0.25) is 0 Å². The summed E-state index contributed by atoms with van der Waals surface area (Å²) in [6.45, 7) is 0. The highest BCUT2D eigenvalue weighted by molar-refractivity contribution is 6.06. The zero-order chi connectivity index (χ0) is 18.8. The maximum absolute atomic E-state index is 12.4. The van der Waals surface area contributed by atoms with Crippen LogP contribution in [0.15, 0.2) is 54.6 Å². The van der Waals surface area contributed by atoms with Gasteiger partial charge >= 0.3 is 17.9 Å². The number of ether oxygens (including phenoxy) is 1. The van der Waals surface area contributed by atoms with Crippen molar-refractivity contribution < 1.29 is 34.4 Å². The van der Waals surface area contributed by atoms with Gasteiger partial charge in [0.25, 0.3) is 0 Å². The van der Waals surface area contributed by atoms with Crippen LogP contribution in [0.3, 0.4) is 0 Å². The summed E-state index contributed by atoms with van der Waals surface area (Å²) in [4.78, 5) is 35.0. The molecule has 0 saturated carbocycles. The monoisotopic (exact) mass is 352 g/mol. The van der Waals surface area contributed by atoms with Gasteiger partial charge in [-0.3, -0.25) is 0 Å². The number of aromatic hydroxyl groups is 1. The van der Waals surface area contributed by atoms with Gasteiger partial charge in [0.15, 0.2) is 0 Å². The van der Waals surface area contributed by atoms with Crippen LogP contribution in [-0.4, -0.2) is 33.2 Å². The third-order valence-corrected chi connectivity index (χ3v) is 3.79. The van der Waals surface area contributed by atoms with E-state index in [4.69, 9.17) is 9.84 Å². The number of aromatic carboxylic acids is 2. The lowest BCUT2D eigenvalue weighted by molar-refractivity contribution is 0.0638. The van der Waals surface area contributed by atoms with Crippen molar-refractivity contribution in [1.29, 1.82) is 0 Å². The number of carbonyl (C=O) groups is 3. The molecule has 0 amide bonds. The highest BCUT2D eigenvalue weighted by Crippen LogP contribution is 2.30. The van der Waals surface area contributed by atoms with Gasteiger partial charge in [-0.1, -0.05) is 36.4 Å². The standard InChI is InChI=1S/C19H12O7/c20-16-11-5-2-1-4-10(11)8-9-13(16)19(25)26-14-7-3-6-12(17(21)22)15(14)18(23)24/h1-9,20H,(H,21,22)(H,23,24). The van der Waals surface area contributed by atoms with Crippen LogP contribution >= 0.6 is 0 Å². The summed E-state index contributed by atoms with van der Waals surface area (Å²) >= 11 is 0. The van der Waals surface area contributed by atoms with Gasteiger partial charge in [-0.25, -0.2) is 14.4 Å². The molecule has 130 valence electrons. The Bertz CT molecular complexity index is 1050. The Morgan fingerprint density at radius 1 is 0.769 bits per heavy atom. The fraction of sp³-hybridized carbons (Fsp3) is 0. The highest BCUT2D eigenvalue weighted by atomic mass is 16.5. The van der Waals surface area contributed by atoms with Crippen molar-refractivity contribution in [1.82, 2.24) is 0 Å². The molecule has 3 aromatic rings. The molecular weight excluding hydrogens is 340 g/mol. The summed E-state index contributed by atoms with van der Waals surface area (Å²) in [5, 5.41) is 29.8. The number of carboxylic acid groups (broad SMARTS) is 2. The molecule has 0 unspecified atom stereocenters. The van der Waals surface area contributed by atoms with Crippen molar-refractivity contribution in [3.63, 3.8) is 0 Å². The molecule has 0 spiro atoms. The molecule has 26 heavy (non-hydrogen) atoms. The highest BCUT2D eigenvalue weighted by Gasteiger charge is 2.24. The molecule has 0 radical (unpaired) electrons. The Morgan fingerprint density at radius 3 is 2.19 bits per heavy atom. The van der Waals surface area contributed by atoms with Crippen molar-refractivity contribution in [2.45, 2.75) is 0 Å². The minimum atomic E-state index is -1.55. The second-order valence-corrected chi connectivity index (χ2v) is 5.36. The van der Waals surface area contributed by atoms with Gasteiger partial charge in [-0.15, -0.1) is 0 Å². The second kappa shape index (κ2) is 6.56. The van der Waals surface area contributed by atoms with Gasteiger partial charge in [0.2, 0.25) is 0 Å². The number of phenols is 1. The van der Waals surface area contributed by atoms with Crippen LogP contribution in [0.4, 0.5) is 0 Å². The van der Waals surface area contributed by atoms with Crippen molar-refractivity contribution in [3.8, 4) is 11.5 Å². The molecule has 7 heteroatoms. The van der Waals surface area contributed by atoms with Crippen LogP contribution in [0.25, 0.3) is 10.8 Å². The number of esters is 1. The summed E-state index contributed by atoms with van der Waals surface area (Å²) in [6, 6.07) is 13.3. The van der Waals surface area contributed by atoms with Gasteiger partial charge in [0.05, 0.1) is 5.56 Å². The maximum Gasteiger partial charge on any atom is 0.347 e. The van der Waals surface area contributed by atoms with E-state index in [-0.39, 0.29) is 11.3 Å². The van der Waals surface area contributed by atoms with E-state index in [9.17, 15) is 24.6 Å². The first-order chi connectivity index (χ1) is 12.4. The normalized spacial score (nSPS) is 10.5. The number of hydrogen-bond acceptors (Lipinski definition) is 5. The van der Waals surface area contributed by atoms with E-state index >= 15 is 0 Å². The summed E-state index contributed by atoms with van der Waals surface area (Å²) in [5.74, 6) is -4.74. The van der Waals surface area contributed by atoms with Gasteiger partial charge in [0.1, 0.15) is 22.6 Å². The number of benzene rings is 3. The minimum absolute atomic E-state index is 0.166. The van der Waals surface area contributed by atoms with Gasteiger partial charge in [0, 0.05) is 5.39 Å². The van der Waals surface area contributed by atoms with E-state index < -0.39 is 34.8 Å². The number of phenolic OH excluding ortho intramolecular Hbond substituents is 1. The summed E-state index contributed by atoms with van der Waals surface area (Å²) < 4.78 is 5.07. The molecular formula is C19H12O7. The maximum atomic E-state index is 12.4. The third kappa shape index (κ3) is 2.93. The summed E-state index contributed by atoms with van der Waals surface area (Å²) in [7, 11) is 0. The van der Waals surface area contributed by atoms with Gasteiger partial charge < -0.3 is 20.1 Å². The lowest BCUT2D eigenvalue weighted by atomic mass is 10.0. The molecule has 3 rings (SSSR count). The molecule has 0 aromatic heterocycles. The van der Waals surface area contributed by atoms with E-state index in [0.29, 0.717) is 10.8 Å². The molecule has 0 aliphatic carbocycles. The first-order valence-corrected chi connectivity index (χ1v) is 7.42. The van der Waals surface area contributed by atoms with E-state index in [2.05, 4.69) is 0 Å². The number of hydrogen-bond donors (Lipinski definition) is 3. The molecule has 0 heterocycles. The Morgan fingerprint density at radius 2 is 1.50 bits per heavy atom. The SMILES string of the molecule is O=C(O)c1cccc(OC(=O)c2ccc3ccccc3c2O)c1C(=O)O. The van der Waals surface area contributed by atoms with Crippen molar-refractivity contribution in [3.05, 3.63) is 71.3 Å². The van der Waals surface area contributed by atoms with E-state index in [1.807, 2.05) is 0 Å². The molecule has 0 fully saturated rings. The Labute approximate surface area is 146 Å². The van der Waals surface area contributed by atoms with Crippen molar-refractivity contribution >= 4 is 28.7 Å². The quantitative estimate of drug-likeness (QED) is 0.487. The minimum Gasteiger partial charge on any atom is -0.506 e. The summed E-state index contributed by atoms with van der Waals surface area (Å²) in [5.41, 5.74) is -1.32. The van der Waals surface area contributed by atoms with Crippen LogP contribution < -0.4 is 4.74 Å². The average Bonchev–Trinajstić information content (AvgIpc) is 2.61. The van der Waals surface area contributed by atoms with Crippen molar-refractivity contribution in [2.75, 3.05) is 0 Å². The second-order valence-electron chi connectivity index (χ2n) is 5.36. The topological polar surface area (TPSA) is 121 Å². The molecule has 0 bridgehead atoms. The zero-order valence-corrected chi connectivity index (χ0v) is 13.2. The van der Waals surface area contributed by atoms with E-state index in [1.54, 1.807) is 30.3 Å². The average molecular weight is 352 g/mol. The Hall–Kier alpha value is -3.87. The van der Waals surface area contributed by atoms with Gasteiger partial charge in [-0.2, -0.15) is 0 Å². The first-order valence-electron chi connectivity index (χ1n) is 7.42. The van der Waals surface area contributed by atoms with Crippen LogP contribution in [-0.2, 0) is 0 Å². The number of carbonyl (C=O) groups excluding carboxylic acids is 1. The lowest BCUT2D eigenvalue weighted by Gasteiger charge is -2.11. The smallest absolute Gasteiger partial charge is 0.347 e. The van der Waals surface area contributed by atoms with Crippen LogP contribution in [0, 0.1) is 0 Å². The largest absolute Gasteiger partial charge is 0.506 e. The number of fused-ring (bicyclic) bond motifs is 1. The zero-order valence-electron chi connectivity index (χ0n) is 13.2. The van der Waals surface area contributed by atoms with E-state index in [0.717, 1.165) is 6.07 Å². The van der Waals surface area contributed by atoms with Crippen LogP contribution in [0.5, 0.6) is 11.5 Å². The Balaban J connectivity index is 2.04. The predicted octanol–water partition coefficient (Wildman–Crippen LogP) is 3.16. The Kier molecular flexibility index (Phi) is 4.28. The van der Waals surface area contributed by atoms with Crippen molar-refractivity contribution in [2.24, 2.45) is 0 Å². The first kappa shape index (κ1) is 17.0. The predicted molar refractivity (Wildman–Crippen MR) is 90.9 cm³/mol. The third-order valence-electron chi connectivity index (χ3n) is 3.79. The number of rotatable bonds is 4. The van der Waals surface area contributed by atoms with Gasteiger partial charge in [-0.05, 0) is 23.6 Å².